The van der Waals surface area contributed by atoms with Gasteiger partial charge in [-0.1, -0.05) is 30.3 Å². The Bertz CT molecular complexity index is 1060. The van der Waals surface area contributed by atoms with Gasteiger partial charge in [-0.3, -0.25) is 14.4 Å². The van der Waals surface area contributed by atoms with E-state index in [1.54, 1.807) is 48.5 Å². The van der Waals surface area contributed by atoms with Gasteiger partial charge in [0.15, 0.2) is 11.5 Å². The van der Waals surface area contributed by atoms with E-state index in [-0.39, 0.29) is 30.3 Å². The van der Waals surface area contributed by atoms with E-state index in [9.17, 15) is 14.4 Å². The van der Waals surface area contributed by atoms with Crippen LogP contribution in [0.2, 0.25) is 0 Å². The van der Waals surface area contributed by atoms with Gasteiger partial charge in [-0.05, 0) is 24.3 Å². The van der Waals surface area contributed by atoms with E-state index in [0.29, 0.717) is 28.6 Å². The molecule has 1 saturated heterocycles. The lowest BCUT2D eigenvalue weighted by atomic mass is 10.1. The summed E-state index contributed by atoms with van der Waals surface area (Å²) < 4.78 is 10.7. The second-order valence-corrected chi connectivity index (χ2v) is 6.36. The maximum atomic E-state index is 13.0. The fraction of sp³-hybridized carbons (Fsp3) is 0.190. The summed E-state index contributed by atoms with van der Waals surface area (Å²) in [5.74, 6) is -0.730. The molecule has 1 fully saturated rings. The van der Waals surface area contributed by atoms with Gasteiger partial charge in [0.05, 0.1) is 23.8 Å². The standard InChI is InChI=1S/C21H17NO5/c23-19-11-10-18(27-19)21(25)22(15-6-2-1-3-7-15)12-14-13-26-17-9-5-4-8-16(17)20(14)24/h1-9,13,18H,10-12H2/t18-/m1/s1. The molecule has 0 saturated carbocycles. The number of hydrogen-bond acceptors (Lipinski definition) is 5. The van der Waals surface area contributed by atoms with Gasteiger partial charge in [-0.15, -0.1) is 0 Å². The van der Waals surface area contributed by atoms with Crippen LogP contribution in [-0.2, 0) is 20.9 Å². The zero-order chi connectivity index (χ0) is 18.8. The molecular weight excluding hydrogens is 346 g/mol. The third kappa shape index (κ3) is 3.33. The monoisotopic (exact) mass is 363 g/mol. The Morgan fingerprint density at radius 1 is 1.04 bits per heavy atom. The molecule has 2 aromatic carbocycles. The van der Waals surface area contributed by atoms with Gasteiger partial charge < -0.3 is 14.1 Å². The number of carbonyl (C=O) groups excluding carboxylic acids is 2. The molecule has 0 bridgehead atoms. The van der Waals surface area contributed by atoms with Gasteiger partial charge in [-0.25, -0.2) is 0 Å². The fourth-order valence-corrected chi connectivity index (χ4v) is 3.18. The van der Waals surface area contributed by atoms with Crippen LogP contribution in [-0.4, -0.2) is 18.0 Å². The number of fused-ring (bicyclic) bond motifs is 1. The lowest BCUT2D eigenvalue weighted by molar-refractivity contribution is -0.147. The van der Waals surface area contributed by atoms with Crippen molar-refractivity contribution in [3.63, 3.8) is 0 Å². The van der Waals surface area contributed by atoms with Gasteiger partial charge in [0.2, 0.25) is 0 Å². The minimum Gasteiger partial charge on any atom is -0.464 e. The number of ether oxygens (including phenoxy) is 1. The molecule has 1 aliphatic rings. The van der Waals surface area contributed by atoms with Crippen molar-refractivity contribution in [3.8, 4) is 0 Å². The van der Waals surface area contributed by atoms with Crippen molar-refractivity contribution in [1.82, 2.24) is 0 Å². The maximum absolute atomic E-state index is 13.0. The first-order chi connectivity index (χ1) is 13.1. The molecule has 1 aromatic heterocycles. The van der Waals surface area contributed by atoms with Crippen molar-refractivity contribution >= 4 is 28.5 Å². The maximum Gasteiger partial charge on any atom is 0.306 e. The Hall–Kier alpha value is -3.41. The first-order valence-electron chi connectivity index (χ1n) is 8.69. The van der Waals surface area contributed by atoms with Crippen molar-refractivity contribution in [1.29, 1.82) is 0 Å². The minimum absolute atomic E-state index is 0.0318. The first-order valence-corrected chi connectivity index (χ1v) is 8.69. The second-order valence-electron chi connectivity index (χ2n) is 6.36. The number of anilines is 1. The van der Waals surface area contributed by atoms with Crippen LogP contribution in [0.15, 0.2) is 70.1 Å². The molecule has 0 N–H and O–H groups in total. The van der Waals surface area contributed by atoms with Crippen molar-refractivity contribution in [2.24, 2.45) is 0 Å². The summed E-state index contributed by atoms with van der Waals surface area (Å²) in [5.41, 5.74) is 1.29. The molecule has 0 unspecified atom stereocenters. The predicted octanol–water partition coefficient (Wildman–Crippen LogP) is 3.03. The summed E-state index contributed by atoms with van der Waals surface area (Å²) in [6.07, 6.45) is 1.11. The molecule has 3 aromatic rings. The predicted molar refractivity (Wildman–Crippen MR) is 99.2 cm³/mol. The van der Waals surface area contributed by atoms with Crippen molar-refractivity contribution in [2.75, 3.05) is 4.90 Å². The van der Waals surface area contributed by atoms with Crippen LogP contribution in [0.3, 0.4) is 0 Å². The molecular formula is C21H17NO5. The van der Waals surface area contributed by atoms with Crippen molar-refractivity contribution < 1.29 is 18.7 Å². The van der Waals surface area contributed by atoms with Crippen LogP contribution in [0.5, 0.6) is 0 Å². The van der Waals surface area contributed by atoms with E-state index in [2.05, 4.69) is 0 Å². The summed E-state index contributed by atoms with van der Waals surface area (Å²) in [7, 11) is 0. The van der Waals surface area contributed by atoms with Crippen LogP contribution in [0.4, 0.5) is 5.69 Å². The Morgan fingerprint density at radius 2 is 1.78 bits per heavy atom. The molecule has 1 atom stereocenters. The quantitative estimate of drug-likeness (QED) is 0.666. The number of esters is 1. The molecule has 1 aliphatic heterocycles. The molecule has 0 radical (unpaired) electrons. The van der Waals surface area contributed by atoms with E-state index in [4.69, 9.17) is 9.15 Å². The Labute approximate surface area is 155 Å². The lowest BCUT2D eigenvalue weighted by Crippen LogP contribution is -2.39. The van der Waals surface area contributed by atoms with Crippen molar-refractivity contribution in [3.05, 3.63) is 76.6 Å². The second kappa shape index (κ2) is 7.07. The van der Waals surface area contributed by atoms with Crippen LogP contribution >= 0.6 is 0 Å². The molecule has 0 spiro atoms. The molecule has 0 aliphatic carbocycles. The molecule has 6 heteroatoms. The Morgan fingerprint density at radius 3 is 2.52 bits per heavy atom. The Balaban J connectivity index is 1.71. The minimum atomic E-state index is -0.829. The summed E-state index contributed by atoms with van der Waals surface area (Å²) in [4.78, 5) is 38.7. The van der Waals surface area contributed by atoms with E-state index in [1.165, 1.54) is 11.2 Å². The largest absolute Gasteiger partial charge is 0.464 e. The smallest absolute Gasteiger partial charge is 0.306 e. The average Bonchev–Trinajstić information content (AvgIpc) is 3.14. The van der Waals surface area contributed by atoms with E-state index >= 15 is 0 Å². The van der Waals surface area contributed by atoms with E-state index in [0.717, 1.165) is 0 Å². The van der Waals surface area contributed by atoms with Gasteiger partial charge >= 0.3 is 5.97 Å². The number of para-hydroxylation sites is 2. The number of hydrogen-bond donors (Lipinski definition) is 0. The van der Waals surface area contributed by atoms with Gasteiger partial charge in [-0.2, -0.15) is 0 Å². The van der Waals surface area contributed by atoms with Gasteiger partial charge in [0.1, 0.15) is 5.58 Å². The average molecular weight is 363 g/mol. The van der Waals surface area contributed by atoms with Crippen LogP contribution in [0.1, 0.15) is 18.4 Å². The number of amides is 1. The highest BCUT2D eigenvalue weighted by atomic mass is 16.6. The zero-order valence-corrected chi connectivity index (χ0v) is 14.5. The normalized spacial score (nSPS) is 16.3. The molecule has 2 heterocycles. The number of carbonyl (C=O) groups is 2. The van der Waals surface area contributed by atoms with E-state index in [1.807, 2.05) is 6.07 Å². The summed E-state index contributed by atoms with van der Waals surface area (Å²) >= 11 is 0. The third-order valence-electron chi connectivity index (χ3n) is 4.57. The fourth-order valence-electron chi connectivity index (χ4n) is 3.18. The molecule has 136 valence electrons. The number of rotatable bonds is 4. The zero-order valence-electron chi connectivity index (χ0n) is 14.5. The number of cyclic esters (lactones) is 1. The first kappa shape index (κ1) is 17.0. The topological polar surface area (TPSA) is 76.8 Å². The van der Waals surface area contributed by atoms with Crippen LogP contribution in [0.25, 0.3) is 11.0 Å². The Kier molecular flexibility index (Phi) is 4.46. The van der Waals surface area contributed by atoms with Crippen molar-refractivity contribution in [2.45, 2.75) is 25.5 Å². The number of nitrogens with zero attached hydrogens (tertiary/aromatic N) is 1. The van der Waals surface area contributed by atoms with Gasteiger partial charge in [0.25, 0.3) is 5.91 Å². The van der Waals surface area contributed by atoms with E-state index < -0.39 is 6.10 Å². The van der Waals surface area contributed by atoms with Crippen LogP contribution < -0.4 is 10.3 Å². The van der Waals surface area contributed by atoms with Crippen LogP contribution in [0, 0.1) is 0 Å². The highest BCUT2D eigenvalue weighted by Crippen LogP contribution is 2.23. The summed E-state index contributed by atoms with van der Waals surface area (Å²) in [6.45, 7) is 0.0318. The highest BCUT2D eigenvalue weighted by molar-refractivity contribution is 5.98. The molecule has 4 rings (SSSR count). The molecule has 27 heavy (non-hydrogen) atoms. The van der Waals surface area contributed by atoms with Gasteiger partial charge in [0, 0.05) is 18.5 Å². The number of benzene rings is 2. The SMILES string of the molecule is O=C1CC[C@H](C(=O)N(Cc2coc3ccccc3c2=O)c2ccccc2)O1. The lowest BCUT2D eigenvalue weighted by Gasteiger charge is -2.25. The summed E-state index contributed by atoms with van der Waals surface area (Å²) in [5, 5.41) is 0.461. The highest BCUT2D eigenvalue weighted by Gasteiger charge is 2.34. The third-order valence-corrected chi connectivity index (χ3v) is 4.57. The molecule has 6 nitrogen and oxygen atoms in total. The summed E-state index contributed by atoms with van der Waals surface area (Å²) in [6, 6.07) is 16.0. The molecule has 1 amide bonds.